The fourth-order valence-corrected chi connectivity index (χ4v) is 2.86. The van der Waals surface area contributed by atoms with Gasteiger partial charge < -0.3 is 5.32 Å². The van der Waals surface area contributed by atoms with Crippen molar-refractivity contribution in [2.24, 2.45) is 0 Å². The van der Waals surface area contributed by atoms with Crippen LogP contribution in [0.4, 0.5) is 5.69 Å². The van der Waals surface area contributed by atoms with Crippen molar-refractivity contribution in [3.05, 3.63) is 63.6 Å². The van der Waals surface area contributed by atoms with Gasteiger partial charge in [0, 0.05) is 0 Å². The summed E-state index contributed by atoms with van der Waals surface area (Å²) in [4.78, 5) is 38.2. The first kappa shape index (κ1) is 16.5. The second kappa shape index (κ2) is 6.26. The molecule has 3 amide bonds. The largest absolute Gasteiger partial charge is 0.323 e. The molecule has 0 fully saturated rings. The standard InChI is InChI=1S/C17H12Cl2N2O3/c1-9(15(22)20-13-8-4-7-12(18)14(13)19)21-16(23)10-5-2-3-6-11(10)17(21)24/h2-9H,1H3,(H,20,22). The molecule has 1 aliphatic heterocycles. The maximum atomic E-state index is 12.4. The Labute approximate surface area is 148 Å². The Hall–Kier alpha value is -2.37. The van der Waals surface area contributed by atoms with E-state index in [1.54, 1.807) is 42.5 Å². The lowest BCUT2D eigenvalue weighted by Gasteiger charge is -2.22. The van der Waals surface area contributed by atoms with E-state index in [1.807, 2.05) is 0 Å². The van der Waals surface area contributed by atoms with Crippen LogP contribution in [0.3, 0.4) is 0 Å². The van der Waals surface area contributed by atoms with E-state index in [0.717, 1.165) is 4.90 Å². The van der Waals surface area contributed by atoms with E-state index in [4.69, 9.17) is 23.2 Å². The van der Waals surface area contributed by atoms with Crippen LogP contribution in [0.15, 0.2) is 42.5 Å². The molecule has 1 aliphatic rings. The Bertz CT molecular complexity index is 832. The van der Waals surface area contributed by atoms with E-state index in [1.165, 1.54) is 6.92 Å². The van der Waals surface area contributed by atoms with Gasteiger partial charge in [0.15, 0.2) is 0 Å². The maximum Gasteiger partial charge on any atom is 0.262 e. The van der Waals surface area contributed by atoms with Gasteiger partial charge in [0.05, 0.1) is 26.9 Å². The first-order valence-electron chi connectivity index (χ1n) is 7.13. The van der Waals surface area contributed by atoms with Crippen molar-refractivity contribution < 1.29 is 14.4 Å². The number of imide groups is 1. The lowest BCUT2D eigenvalue weighted by atomic mass is 10.1. The molecule has 1 N–H and O–H groups in total. The van der Waals surface area contributed by atoms with Crippen molar-refractivity contribution in [3.63, 3.8) is 0 Å². The topological polar surface area (TPSA) is 66.5 Å². The summed E-state index contributed by atoms with van der Waals surface area (Å²) in [5.41, 5.74) is 0.906. The zero-order valence-electron chi connectivity index (χ0n) is 12.5. The third-order valence-electron chi connectivity index (χ3n) is 3.80. The molecule has 1 unspecified atom stereocenters. The number of hydrogen-bond donors (Lipinski definition) is 1. The Balaban J connectivity index is 1.83. The summed E-state index contributed by atoms with van der Waals surface area (Å²) in [5.74, 6) is -1.51. The van der Waals surface area contributed by atoms with E-state index in [0.29, 0.717) is 21.8 Å². The van der Waals surface area contributed by atoms with Crippen LogP contribution in [0.2, 0.25) is 10.0 Å². The molecule has 0 aliphatic carbocycles. The van der Waals surface area contributed by atoms with Crippen LogP contribution in [0.1, 0.15) is 27.6 Å². The molecule has 1 atom stereocenters. The van der Waals surface area contributed by atoms with Crippen LogP contribution in [0.25, 0.3) is 0 Å². The summed E-state index contributed by atoms with van der Waals surface area (Å²) in [7, 11) is 0. The van der Waals surface area contributed by atoms with Gasteiger partial charge in [-0.3, -0.25) is 19.3 Å². The average molecular weight is 363 g/mol. The number of nitrogens with one attached hydrogen (secondary N) is 1. The minimum atomic E-state index is -0.993. The number of hydrogen-bond acceptors (Lipinski definition) is 3. The molecule has 0 bridgehead atoms. The van der Waals surface area contributed by atoms with Gasteiger partial charge in [-0.05, 0) is 31.2 Å². The smallest absolute Gasteiger partial charge is 0.262 e. The van der Waals surface area contributed by atoms with E-state index < -0.39 is 23.8 Å². The Morgan fingerprint density at radius 1 is 1.00 bits per heavy atom. The van der Waals surface area contributed by atoms with Gasteiger partial charge in [0.1, 0.15) is 6.04 Å². The number of nitrogens with zero attached hydrogens (tertiary/aromatic N) is 1. The minimum absolute atomic E-state index is 0.196. The summed E-state index contributed by atoms with van der Waals surface area (Å²) in [6, 6.07) is 10.3. The lowest BCUT2D eigenvalue weighted by molar-refractivity contribution is -0.119. The predicted molar refractivity (Wildman–Crippen MR) is 91.5 cm³/mol. The molecule has 24 heavy (non-hydrogen) atoms. The minimum Gasteiger partial charge on any atom is -0.323 e. The van der Waals surface area contributed by atoms with Gasteiger partial charge >= 0.3 is 0 Å². The van der Waals surface area contributed by atoms with E-state index in [9.17, 15) is 14.4 Å². The van der Waals surface area contributed by atoms with Gasteiger partial charge in [-0.25, -0.2) is 0 Å². The number of halogens is 2. The Morgan fingerprint density at radius 2 is 1.58 bits per heavy atom. The SMILES string of the molecule is CC(C(=O)Nc1cccc(Cl)c1Cl)N1C(=O)c2ccccc2C1=O. The molecule has 1 heterocycles. The fourth-order valence-electron chi connectivity index (χ4n) is 2.51. The zero-order chi connectivity index (χ0) is 17.4. The highest BCUT2D eigenvalue weighted by atomic mass is 35.5. The predicted octanol–water partition coefficient (Wildman–Crippen LogP) is 3.62. The molecule has 2 aromatic rings. The van der Waals surface area contributed by atoms with Crippen LogP contribution in [-0.4, -0.2) is 28.7 Å². The quantitative estimate of drug-likeness (QED) is 0.848. The molecule has 122 valence electrons. The van der Waals surface area contributed by atoms with E-state index >= 15 is 0 Å². The van der Waals surface area contributed by atoms with Crippen LogP contribution >= 0.6 is 23.2 Å². The number of fused-ring (bicyclic) bond motifs is 1. The van der Waals surface area contributed by atoms with E-state index in [2.05, 4.69) is 5.32 Å². The molecule has 0 radical (unpaired) electrons. The molecule has 3 rings (SSSR count). The van der Waals surface area contributed by atoms with Crippen molar-refractivity contribution in [3.8, 4) is 0 Å². The Kier molecular flexibility index (Phi) is 4.30. The van der Waals surface area contributed by atoms with Gasteiger partial charge in [0.2, 0.25) is 5.91 Å². The third kappa shape index (κ3) is 2.66. The molecule has 0 aromatic heterocycles. The molecule has 0 saturated carbocycles. The summed E-state index contributed by atoms with van der Waals surface area (Å²) >= 11 is 11.9. The highest BCUT2D eigenvalue weighted by Gasteiger charge is 2.40. The highest BCUT2D eigenvalue weighted by Crippen LogP contribution is 2.30. The number of benzene rings is 2. The van der Waals surface area contributed by atoms with Crippen LogP contribution < -0.4 is 5.32 Å². The Morgan fingerprint density at radius 3 is 2.17 bits per heavy atom. The summed E-state index contributed by atoms with van der Waals surface area (Å²) in [6.07, 6.45) is 0. The average Bonchev–Trinajstić information content (AvgIpc) is 2.83. The van der Waals surface area contributed by atoms with Crippen LogP contribution in [-0.2, 0) is 4.79 Å². The van der Waals surface area contributed by atoms with Gasteiger partial charge in [-0.1, -0.05) is 41.4 Å². The summed E-state index contributed by atoms with van der Waals surface area (Å²) in [5, 5.41) is 3.08. The van der Waals surface area contributed by atoms with Gasteiger partial charge in [-0.15, -0.1) is 0 Å². The summed E-state index contributed by atoms with van der Waals surface area (Å²) < 4.78 is 0. The number of rotatable bonds is 3. The lowest BCUT2D eigenvalue weighted by Crippen LogP contribution is -2.45. The highest BCUT2D eigenvalue weighted by molar-refractivity contribution is 6.44. The van der Waals surface area contributed by atoms with Crippen LogP contribution in [0, 0.1) is 0 Å². The van der Waals surface area contributed by atoms with Crippen molar-refractivity contribution >= 4 is 46.6 Å². The van der Waals surface area contributed by atoms with Gasteiger partial charge in [-0.2, -0.15) is 0 Å². The zero-order valence-corrected chi connectivity index (χ0v) is 14.1. The van der Waals surface area contributed by atoms with Gasteiger partial charge in [0.25, 0.3) is 11.8 Å². The number of anilines is 1. The third-order valence-corrected chi connectivity index (χ3v) is 4.62. The first-order chi connectivity index (χ1) is 11.4. The summed E-state index contributed by atoms with van der Waals surface area (Å²) in [6.45, 7) is 1.48. The molecule has 2 aromatic carbocycles. The maximum absolute atomic E-state index is 12.4. The molecular weight excluding hydrogens is 351 g/mol. The van der Waals surface area contributed by atoms with Crippen molar-refractivity contribution in [2.75, 3.05) is 5.32 Å². The fraction of sp³-hybridized carbons (Fsp3) is 0.118. The van der Waals surface area contributed by atoms with Crippen LogP contribution in [0.5, 0.6) is 0 Å². The monoisotopic (exact) mass is 362 g/mol. The molecule has 7 heteroatoms. The van der Waals surface area contributed by atoms with Crippen molar-refractivity contribution in [1.29, 1.82) is 0 Å². The molecule has 0 saturated heterocycles. The number of carbonyl (C=O) groups is 3. The number of carbonyl (C=O) groups excluding carboxylic acids is 3. The molecular formula is C17H12Cl2N2O3. The molecule has 0 spiro atoms. The first-order valence-corrected chi connectivity index (χ1v) is 7.89. The van der Waals surface area contributed by atoms with E-state index in [-0.39, 0.29) is 5.02 Å². The second-order valence-electron chi connectivity index (χ2n) is 5.29. The van der Waals surface area contributed by atoms with Crippen molar-refractivity contribution in [2.45, 2.75) is 13.0 Å². The normalized spacial score (nSPS) is 14.5. The number of amides is 3. The van der Waals surface area contributed by atoms with Crippen molar-refractivity contribution in [1.82, 2.24) is 4.90 Å². The second-order valence-corrected chi connectivity index (χ2v) is 6.08. The molecule has 5 nitrogen and oxygen atoms in total.